The van der Waals surface area contributed by atoms with Crippen molar-refractivity contribution in [3.63, 3.8) is 0 Å². The standard InChI is InChI=1S/C23H23Cl2N3O2/c1-2-3-7-12-30-23-15-18(16-26-28(23)19-8-5-4-6-9-19)27-22(29)14-17-10-11-20(24)21(25)13-17/h4-6,8-11,13,15-16H,2-3,7,12,14H2,1H3/b27-18-. The molecular formula is C23H23Cl2N3O2. The van der Waals surface area contributed by atoms with Crippen molar-refractivity contribution in [3.8, 4) is 11.6 Å². The second kappa shape index (κ2) is 11.0. The number of nitrogens with zero attached hydrogens (tertiary/aromatic N) is 3. The van der Waals surface area contributed by atoms with E-state index in [2.05, 4.69) is 17.0 Å². The molecule has 0 saturated heterocycles. The Morgan fingerprint density at radius 3 is 2.60 bits per heavy atom. The van der Waals surface area contributed by atoms with Gasteiger partial charge in [0.25, 0.3) is 5.91 Å². The van der Waals surface area contributed by atoms with Gasteiger partial charge in [-0.05, 0) is 36.2 Å². The van der Waals surface area contributed by atoms with Crippen molar-refractivity contribution >= 4 is 29.1 Å². The van der Waals surface area contributed by atoms with Gasteiger partial charge < -0.3 is 4.74 Å². The molecule has 0 spiro atoms. The molecule has 0 unspecified atom stereocenters. The first-order chi connectivity index (χ1) is 14.6. The van der Waals surface area contributed by atoms with Gasteiger partial charge in [0.15, 0.2) is 0 Å². The first kappa shape index (κ1) is 22.1. The molecule has 5 nitrogen and oxygen atoms in total. The topological polar surface area (TPSA) is 56.5 Å². The summed E-state index contributed by atoms with van der Waals surface area (Å²) in [6, 6.07) is 16.5. The first-order valence-electron chi connectivity index (χ1n) is 9.86. The molecule has 3 aromatic rings. The van der Waals surface area contributed by atoms with Crippen LogP contribution in [0, 0.1) is 0 Å². The number of para-hydroxylation sites is 1. The third-order valence-corrected chi connectivity index (χ3v) is 5.12. The van der Waals surface area contributed by atoms with Crippen LogP contribution >= 0.6 is 23.2 Å². The summed E-state index contributed by atoms with van der Waals surface area (Å²) in [6.45, 7) is 2.72. The average molecular weight is 444 g/mol. The zero-order valence-corrected chi connectivity index (χ0v) is 18.2. The van der Waals surface area contributed by atoms with Crippen LogP contribution in [0.5, 0.6) is 5.88 Å². The molecular weight excluding hydrogens is 421 g/mol. The zero-order chi connectivity index (χ0) is 21.3. The van der Waals surface area contributed by atoms with Crippen molar-refractivity contribution < 1.29 is 9.53 Å². The number of hydrogen-bond donors (Lipinski definition) is 0. The fourth-order valence-electron chi connectivity index (χ4n) is 2.86. The van der Waals surface area contributed by atoms with E-state index in [1.807, 2.05) is 30.3 Å². The number of rotatable bonds is 8. The Morgan fingerprint density at radius 1 is 1.07 bits per heavy atom. The number of ether oxygens (including phenoxy) is 1. The van der Waals surface area contributed by atoms with Crippen LogP contribution < -0.4 is 10.1 Å². The fourth-order valence-corrected chi connectivity index (χ4v) is 3.18. The molecule has 0 fully saturated rings. The largest absolute Gasteiger partial charge is 0.478 e. The number of benzene rings is 2. The number of amides is 1. The van der Waals surface area contributed by atoms with E-state index in [4.69, 9.17) is 27.9 Å². The van der Waals surface area contributed by atoms with Crippen molar-refractivity contribution in [2.45, 2.75) is 32.6 Å². The smallest absolute Gasteiger partial charge is 0.250 e. The van der Waals surface area contributed by atoms with Gasteiger partial charge >= 0.3 is 0 Å². The highest BCUT2D eigenvalue weighted by atomic mass is 35.5. The van der Waals surface area contributed by atoms with Gasteiger partial charge in [0.1, 0.15) is 0 Å². The Morgan fingerprint density at radius 2 is 1.87 bits per heavy atom. The van der Waals surface area contributed by atoms with E-state index in [0.29, 0.717) is 27.9 Å². The number of halogens is 2. The minimum atomic E-state index is -0.301. The summed E-state index contributed by atoms with van der Waals surface area (Å²) in [7, 11) is 0. The van der Waals surface area contributed by atoms with Gasteiger partial charge in [-0.25, -0.2) is 9.67 Å². The molecule has 1 heterocycles. The summed E-state index contributed by atoms with van der Waals surface area (Å²) in [6.07, 6.45) is 4.82. The van der Waals surface area contributed by atoms with E-state index in [-0.39, 0.29) is 12.3 Å². The van der Waals surface area contributed by atoms with Gasteiger partial charge in [0.2, 0.25) is 5.88 Å². The van der Waals surface area contributed by atoms with Crippen LogP contribution in [0.2, 0.25) is 10.0 Å². The second-order valence-electron chi connectivity index (χ2n) is 6.79. The van der Waals surface area contributed by atoms with Crippen molar-refractivity contribution in [3.05, 3.63) is 81.8 Å². The predicted molar refractivity (Wildman–Crippen MR) is 119 cm³/mol. The van der Waals surface area contributed by atoms with Gasteiger partial charge in [0.05, 0.1) is 40.3 Å². The van der Waals surface area contributed by atoms with Crippen molar-refractivity contribution in [2.75, 3.05) is 6.61 Å². The molecule has 0 bridgehead atoms. The van der Waals surface area contributed by atoms with E-state index in [1.54, 1.807) is 35.1 Å². The molecule has 0 radical (unpaired) electrons. The van der Waals surface area contributed by atoms with Crippen LogP contribution in [0.4, 0.5) is 0 Å². The number of unbranched alkanes of at least 4 members (excludes halogenated alkanes) is 2. The van der Waals surface area contributed by atoms with Crippen molar-refractivity contribution in [1.82, 2.24) is 9.78 Å². The quantitative estimate of drug-likeness (QED) is 0.436. The fraction of sp³-hybridized carbons (Fsp3) is 0.261. The maximum Gasteiger partial charge on any atom is 0.250 e. The molecule has 30 heavy (non-hydrogen) atoms. The lowest BCUT2D eigenvalue weighted by Gasteiger charge is -2.13. The summed E-state index contributed by atoms with van der Waals surface area (Å²) >= 11 is 11.9. The Balaban J connectivity index is 1.84. The van der Waals surface area contributed by atoms with Gasteiger partial charge in [-0.1, -0.05) is 67.2 Å². The van der Waals surface area contributed by atoms with E-state index < -0.39 is 0 Å². The highest BCUT2D eigenvalue weighted by Gasteiger charge is 2.08. The third-order valence-electron chi connectivity index (χ3n) is 4.38. The Kier molecular flexibility index (Phi) is 8.05. The van der Waals surface area contributed by atoms with Crippen LogP contribution in [0.25, 0.3) is 5.69 Å². The van der Waals surface area contributed by atoms with Crippen LogP contribution in [0.3, 0.4) is 0 Å². The summed E-state index contributed by atoms with van der Waals surface area (Å²) in [4.78, 5) is 16.6. The maximum absolute atomic E-state index is 12.4. The van der Waals surface area contributed by atoms with Crippen LogP contribution in [0.1, 0.15) is 31.7 Å². The second-order valence-corrected chi connectivity index (χ2v) is 7.60. The lowest BCUT2D eigenvalue weighted by atomic mass is 10.1. The minimum Gasteiger partial charge on any atom is -0.478 e. The minimum absolute atomic E-state index is 0.122. The molecule has 7 heteroatoms. The normalized spacial score (nSPS) is 11.5. The molecule has 1 amide bonds. The van der Waals surface area contributed by atoms with Crippen molar-refractivity contribution in [2.24, 2.45) is 4.99 Å². The SMILES string of the molecule is CCCCCOc1c/c(=N/C(=O)Cc2ccc(Cl)c(Cl)c2)cnn1-c1ccccc1. The lowest BCUT2D eigenvalue weighted by Crippen LogP contribution is -2.16. The summed E-state index contributed by atoms with van der Waals surface area (Å²) in [5.74, 6) is 0.241. The molecule has 0 atom stereocenters. The lowest BCUT2D eigenvalue weighted by molar-refractivity contribution is -0.117. The number of carbonyl (C=O) groups is 1. The number of carbonyl (C=O) groups excluding carboxylic acids is 1. The number of hydrogen-bond acceptors (Lipinski definition) is 3. The van der Waals surface area contributed by atoms with Gasteiger partial charge in [-0.3, -0.25) is 4.79 Å². The summed E-state index contributed by atoms with van der Waals surface area (Å²) in [5.41, 5.74) is 1.62. The van der Waals surface area contributed by atoms with E-state index in [0.717, 1.165) is 30.5 Å². The summed E-state index contributed by atoms with van der Waals surface area (Å²) < 4.78 is 7.66. The van der Waals surface area contributed by atoms with Gasteiger partial charge in [-0.15, -0.1) is 0 Å². The molecule has 0 saturated carbocycles. The molecule has 2 aromatic carbocycles. The first-order valence-corrected chi connectivity index (χ1v) is 10.6. The Labute approximate surface area is 185 Å². The molecule has 156 valence electrons. The zero-order valence-electron chi connectivity index (χ0n) is 16.7. The highest BCUT2D eigenvalue weighted by Crippen LogP contribution is 2.23. The monoisotopic (exact) mass is 443 g/mol. The highest BCUT2D eigenvalue weighted by molar-refractivity contribution is 6.42. The maximum atomic E-state index is 12.4. The third kappa shape index (κ3) is 6.18. The van der Waals surface area contributed by atoms with E-state index in [1.165, 1.54) is 0 Å². The van der Waals surface area contributed by atoms with Crippen LogP contribution in [0.15, 0.2) is 65.8 Å². The Hall–Kier alpha value is -2.63. The molecule has 3 rings (SSSR count). The van der Waals surface area contributed by atoms with Crippen LogP contribution in [-0.4, -0.2) is 22.3 Å². The summed E-state index contributed by atoms with van der Waals surface area (Å²) in [5, 5.41) is 5.75. The Bertz CT molecular complexity index is 1070. The molecule has 0 aliphatic carbocycles. The van der Waals surface area contributed by atoms with E-state index >= 15 is 0 Å². The predicted octanol–water partition coefficient (Wildman–Crippen LogP) is 5.42. The van der Waals surface area contributed by atoms with E-state index in [9.17, 15) is 4.79 Å². The van der Waals surface area contributed by atoms with Crippen LogP contribution in [-0.2, 0) is 11.2 Å². The van der Waals surface area contributed by atoms with Gasteiger partial charge in [-0.2, -0.15) is 5.10 Å². The molecule has 0 N–H and O–H groups in total. The number of aromatic nitrogens is 2. The molecule has 0 aliphatic rings. The van der Waals surface area contributed by atoms with Crippen molar-refractivity contribution in [1.29, 1.82) is 0 Å². The molecule has 1 aromatic heterocycles. The molecule has 0 aliphatic heterocycles. The average Bonchev–Trinajstić information content (AvgIpc) is 2.74. The van der Waals surface area contributed by atoms with Gasteiger partial charge in [0, 0.05) is 6.07 Å².